The summed E-state index contributed by atoms with van der Waals surface area (Å²) >= 11 is 0. The smallest absolute Gasteiger partial charge is 0.254 e. The second-order valence-electron chi connectivity index (χ2n) is 6.91. The Kier molecular flexibility index (Phi) is 6.36. The number of unbranched alkanes of at least 4 members (excludes halogenated alkanes) is 4. The van der Waals surface area contributed by atoms with Crippen molar-refractivity contribution in [3.05, 3.63) is 23.8 Å². The van der Waals surface area contributed by atoms with E-state index in [0.29, 0.717) is 49.7 Å². The molecular weight excluding hydrogens is 332 g/mol. The maximum atomic E-state index is 12.7. The van der Waals surface area contributed by atoms with Gasteiger partial charge in [0.1, 0.15) is 0 Å². The Labute approximate surface area is 155 Å². The monoisotopic (exact) mass is 360 g/mol. The second kappa shape index (κ2) is 8.92. The molecule has 2 aliphatic heterocycles. The highest BCUT2D eigenvalue weighted by Gasteiger charge is 2.25. The fourth-order valence-corrected chi connectivity index (χ4v) is 3.41. The minimum absolute atomic E-state index is 0.0186. The normalized spacial score (nSPS) is 16.0. The van der Waals surface area contributed by atoms with Gasteiger partial charge in [0.15, 0.2) is 11.5 Å². The highest BCUT2D eigenvalue weighted by atomic mass is 16.7. The van der Waals surface area contributed by atoms with Crippen LogP contribution in [0.1, 0.15) is 55.8 Å². The lowest BCUT2D eigenvalue weighted by Crippen LogP contribution is -2.50. The van der Waals surface area contributed by atoms with E-state index in [1.165, 1.54) is 19.3 Å². The van der Waals surface area contributed by atoms with E-state index in [1.54, 1.807) is 18.2 Å². The largest absolute Gasteiger partial charge is 0.454 e. The highest BCUT2D eigenvalue weighted by Crippen LogP contribution is 2.32. The van der Waals surface area contributed by atoms with Crippen LogP contribution in [0.5, 0.6) is 11.5 Å². The first-order valence-electron chi connectivity index (χ1n) is 9.65. The Bertz CT molecular complexity index is 639. The minimum Gasteiger partial charge on any atom is -0.454 e. The summed E-state index contributed by atoms with van der Waals surface area (Å²) in [5, 5.41) is 0. The number of rotatable bonds is 7. The average molecular weight is 360 g/mol. The molecule has 2 amide bonds. The van der Waals surface area contributed by atoms with Crippen LogP contribution in [0.4, 0.5) is 0 Å². The number of hydrogen-bond donors (Lipinski definition) is 0. The van der Waals surface area contributed by atoms with E-state index in [9.17, 15) is 9.59 Å². The van der Waals surface area contributed by atoms with Crippen LogP contribution in [0.2, 0.25) is 0 Å². The first kappa shape index (κ1) is 18.5. The maximum absolute atomic E-state index is 12.7. The van der Waals surface area contributed by atoms with E-state index in [2.05, 4.69) is 6.92 Å². The standard InChI is InChI=1S/C20H28N2O4/c1-2-3-4-5-6-7-19(23)21-10-12-22(13-11-21)20(24)16-8-9-17-18(14-16)26-15-25-17/h8-9,14H,2-7,10-13,15H2,1H3. The van der Waals surface area contributed by atoms with E-state index in [0.717, 1.165) is 12.8 Å². The summed E-state index contributed by atoms with van der Waals surface area (Å²) in [5.41, 5.74) is 0.602. The molecule has 0 unspecified atom stereocenters. The number of piperazine rings is 1. The molecular formula is C20H28N2O4. The van der Waals surface area contributed by atoms with Gasteiger partial charge in [0.05, 0.1) is 0 Å². The molecule has 6 nitrogen and oxygen atoms in total. The summed E-state index contributed by atoms with van der Waals surface area (Å²) in [5.74, 6) is 1.50. The molecule has 0 radical (unpaired) electrons. The Hall–Kier alpha value is -2.24. The van der Waals surface area contributed by atoms with Gasteiger partial charge in [-0.1, -0.05) is 32.6 Å². The molecule has 1 aromatic rings. The summed E-state index contributed by atoms with van der Waals surface area (Å²) < 4.78 is 10.6. The van der Waals surface area contributed by atoms with Crippen molar-refractivity contribution < 1.29 is 19.1 Å². The van der Waals surface area contributed by atoms with Crippen molar-refractivity contribution in [2.24, 2.45) is 0 Å². The Morgan fingerprint density at radius 3 is 2.38 bits per heavy atom. The van der Waals surface area contributed by atoms with Crippen molar-refractivity contribution in [3.63, 3.8) is 0 Å². The van der Waals surface area contributed by atoms with Crippen LogP contribution in [-0.4, -0.2) is 54.6 Å². The van der Waals surface area contributed by atoms with Gasteiger partial charge < -0.3 is 19.3 Å². The van der Waals surface area contributed by atoms with Gasteiger partial charge in [-0.25, -0.2) is 0 Å². The third-order valence-corrected chi connectivity index (χ3v) is 5.03. The number of nitrogens with zero attached hydrogens (tertiary/aromatic N) is 2. The molecule has 26 heavy (non-hydrogen) atoms. The highest BCUT2D eigenvalue weighted by molar-refractivity contribution is 5.95. The van der Waals surface area contributed by atoms with Gasteiger partial charge >= 0.3 is 0 Å². The molecule has 0 aliphatic carbocycles. The summed E-state index contributed by atoms with van der Waals surface area (Å²) in [6, 6.07) is 5.27. The molecule has 0 bridgehead atoms. The van der Waals surface area contributed by atoms with E-state index in [1.807, 2.05) is 9.80 Å². The quantitative estimate of drug-likeness (QED) is 0.701. The molecule has 2 heterocycles. The van der Waals surface area contributed by atoms with Gasteiger partial charge in [0.2, 0.25) is 12.7 Å². The Morgan fingerprint density at radius 2 is 1.62 bits per heavy atom. The van der Waals surface area contributed by atoms with Crippen molar-refractivity contribution in [1.82, 2.24) is 9.80 Å². The van der Waals surface area contributed by atoms with Crippen LogP contribution in [0.15, 0.2) is 18.2 Å². The summed E-state index contributed by atoms with van der Waals surface area (Å²) in [4.78, 5) is 28.7. The fourth-order valence-electron chi connectivity index (χ4n) is 3.41. The first-order chi connectivity index (χ1) is 12.7. The predicted molar refractivity (Wildman–Crippen MR) is 98.4 cm³/mol. The molecule has 6 heteroatoms. The topological polar surface area (TPSA) is 59.1 Å². The van der Waals surface area contributed by atoms with Crippen LogP contribution < -0.4 is 9.47 Å². The molecule has 1 fully saturated rings. The van der Waals surface area contributed by atoms with Gasteiger partial charge in [0.25, 0.3) is 5.91 Å². The maximum Gasteiger partial charge on any atom is 0.254 e. The van der Waals surface area contributed by atoms with Gasteiger partial charge in [-0.05, 0) is 24.6 Å². The number of benzene rings is 1. The molecule has 1 saturated heterocycles. The van der Waals surface area contributed by atoms with Crippen molar-refractivity contribution in [2.75, 3.05) is 33.0 Å². The lowest BCUT2D eigenvalue weighted by atomic mass is 10.1. The number of hydrogen-bond acceptors (Lipinski definition) is 4. The van der Waals surface area contributed by atoms with Crippen molar-refractivity contribution in [2.45, 2.75) is 45.4 Å². The van der Waals surface area contributed by atoms with Crippen molar-refractivity contribution >= 4 is 11.8 Å². The zero-order chi connectivity index (χ0) is 18.4. The molecule has 0 atom stereocenters. The number of fused-ring (bicyclic) bond motifs is 1. The minimum atomic E-state index is -0.0186. The third-order valence-electron chi connectivity index (χ3n) is 5.03. The van der Waals surface area contributed by atoms with Gasteiger partial charge in [-0.2, -0.15) is 0 Å². The van der Waals surface area contributed by atoms with E-state index in [-0.39, 0.29) is 18.6 Å². The molecule has 0 spiro atoms. The lowest BCUT2D eigenvalue weighted by molar-refractivity contribution is -0.132. The number of carbonyl (C=O) groups is 2. The van der Waals surface area contributed by atoms with Crippen molar-refractivity contribution in [3.8, 4) is 11.5 Å². The van der Waals surface area contributed by atoms with Crippen LogP contribution >= 0.6 is 0 Å². The number of amides is 2. The Balaban J connectivity index is 1.44. The predicted octanol–water partition coefficient (Wildman–Crippen LogP) is 3.06. The van der Waals surface area contributed by atoms with Crippen molar-refractivity contribution in [1.29, 1.82) is 0 Å². The molecule has 2 aliphatic rings. The Morgan fingerprint density at radius 1 is 0.923 bits per heavy atom. The molecule has 0 aromatic heterocycles. The summed E-state index contributed by atoms with van der Waals surface area (Å²) in [7, 11) is 0. The van der Waals surface area contributed by atoms with E-state index >= 15 is 0 Å². The van der Waals surface area contributed by atoms with E-state index < -0.39 is 0 Å². The molecule has 142 valence electrons. The first-order valence-corrected chi connectivity index (χ1v) is 9.65. The summed E-state index contributed by atoms with van der Waals surface area (Å²) in [6.07, 6.45) is 6.39. The average Bonchev–Trinajstić information content (AvgIpc) is 3.15. The lowest BCUT2D eigenvalue weighted by Gasteiger charge is -2.35. The van der Waals surface area contributed by atoms with Crippen LogP contribution in [0.25, 0.3) is 0 Å². The van der Waals surface area contributed by atoms with Gasteiger partial charge in [-0.15, -0.1) is 0 Å². The van der Waals surface area contributed by atoms with Crippen LogP contribution in [0, 0.1) is 0 Å². The van der Waals surface area contributed by atoms with E-state index in [4.69, 9.17) is 9.47 Å². The molecule has 1 aromatic carbocycles. The fraction of sp³-hybridized carbons (Fsp3) is 0.600. The number of ether oxygens (including phenoxy) is 2. The number of carbonyl (C=O) groups excluding carboxylic acids is 2. The van der Waals surface area contributed by atoms with Crippen LogP contribution in [0.3, 0.4) is 0 Å². The van der Waals surface area contributed by atoms with Crippen LogP contribution in [-0.2, 0) is 4.79 Å². The molecule has 0 saturated carbocycles. The van der Waals surface area contributed by atoms with Gasteiger partial charge in [0, 0.05) is 38.2 Å². The SMILES string of the molecule is CCCCCCCC(=O)N1CCN(C(=O)c2ccc3c(c2)OCO3)CC1. The second-order valence-corrected chi connectivity index (χ2v) is 6.91. The summed E-state index contributed by atoms with van der Waals surface area (Å²) in [6.45, 7) is 4.78. The van der Waals surface area contributed by atoms with Gasteiger partial charge in [-0.3, -0.25) is 9.59 Å². The molecule has 3 rings (SSSR count). The zero-order valence-electron chi connectivity index (χ0n) is 15.5. The molecule has 0 N–H and O–H groups in total. The third kappa shape index (κ3) is 4.48. The zero-order valence-corrected chi connectivity index (χ0v) is 15.5.